The van der Waals surface area contributed by atoms with Crippen molar-refractivity contribution in [2.75, 3.05) is 85.6 Å². The Hall–Kier alpha value is -3.98. The molecule has 6 amide bonds. The molecule has 0 bridgehead atoms. The van der Waals surface area contributed by atoms with Crippen LogP contribution in [0.4, 0.5) is 14.4 Å². The zero-order valence-corrected chi connectivity index (χ0v) is 36.3. The zero-order chi connectivity index (χ0) is 44.1. The number of aliphatic hydroxyl groups excluding tert-OH is 1. The molecule has 0 spiro atoms. The van der Waals surface area contributed by atoms with Gasteiger partial charge in [0, 0.05) is 58.5 Å². The summed E-state index contributed by atoms with van der Waals surface area (Å²) in [5, 5.41) is 28.9. The number of ether oxygens (including phenoxy) is 6. The van der Waals surface area contributed by atoms with Crippen LogP contribution in [0.15, 0.2) is 0 Å². The summed E-state index contributed by atoms with van der Waals surface area (Å²) in [5.41, 5.74) is -2.92. The number of amides is 6. The number of hydrogen-bond donors (Lipinski definition) is 8. The van der Waals surface area contributed by atoms with Crippen molar-refractivity contribution in [2.45, 2.75) is 123 Å². The third-order valence-corrected chi connectivity index (χ3v) is 7.04. The fraction of sp³-hybridized carbons (Fsp3) is 0.842. The van der Waals surface area contributed by atoms with Crippen molar-refractivity contribution in [3.63, 3.8) is 0 Å². The lowest BCUT2D eigenvalue weighted by Crippen LogP contribution is -2.57. The highest BCUT2D eigenvalue weighted by Gasteiger charge is 2.31. The molecule has 0 aliphatic carbocycles. The third kappa shape index (κ3) is 34.1. The average Bonchev–Trinajstić information content (AvgIpc) is 3.08. The molecule has 0 saturated heterocycles. The molecule has 20 heteroatoms. The van der Waals surface area contributed by atoms with Gasteiger partial charge in [0.15, 0.2) is 0 Å². The van der Waals surface area contributed by atoms with E-state index in [2.05, 4.69) is 37.2 Å². The largest absolute Gasteiger partial charge is 0.444 e. The molecule has 0 aliphatic rings. The number of rotatable bonds is 29. The van der Waals surface area contributed by atoms with Crippen LogP contribution in [0.2, 0.25) is 0 Å². The van der Waals surface area contributed by atoms with Gasteiger partial charge in [-0.25, -0.2) is 14.4 Å². The molecule has 58 heavy (non-hydrogen) atoms. The van der Waals surface area contributed by atoms with E-state index in [1.165, 1.54) is 0 Å². The maximum Gasteiger partial charge on any atom is 0.407 e. The van der Waals surface area contributed by atoms with Crippen molar-refractivity contribution in [1.29, 1.82) is 0 Å². The predicted octanol–water partition coefficient (Wildman–Crippen LogP) is 1.58. The SMILES string of the molecule is CC(C)(C)OC(=O)NCCCNC(=O)CCOCC(COCCC(=O)NCCCNC(=O)OC(C)(C)C)(COCCC(=O)NCCCNC(=O)OC(C)(C)C)NCO. The second kappa shape index (κ2) is 29.3. The van der Waals surface area contributed by atoms with Crippen LogP contribution < -0.4 is 37.2 Å². The zero-order valence-electron chi connectivity index (χ0n) is 36.3. The van der Waals surface area contributed by atoms with Crippen LogP contribution >= 0.6 is 0 Å². The first kappa shape index (κ1) is 54.0. The topological polar surface area (TPSA) is 262 Å². The van der Waals surface area contributed by atoms with Crippen molar-refractivity contribution >= 4 is 36.0 Å². The number of alkyl carbamates (subject to hydrolysis) is 3. The van der Waals surface area contributed by atoms with E-state index in [-0.39, 0.29) is 76.6 Å². The first-order valence-corrected chi connectivity index (χ1v) is 19.8. The van der Waals surface area contributed by atoms with Gasteiger partial charge in [-0.3, -0.25) is 19.7 Å². The lowest BCUT2D eigenvalue weighted by molar-refractivity contribution is -0.122. The van der Waals surface area contributed by atoms with Crippen LogP contribution in [0.1, 0.15) is 101 Å². The molecule has 0 heterocycles. The molecule has 0 rings (SSSR count). The van der Waals surface area contributed by atoms with E-state index in [1.807, 2.05) is 0 Å². The number of carbonyl (C=O) groups excluding carboxylic acids is 6. The first-order chi connectivity index (χ1) is 27.0. The summed E-state index contributed by atoms with van der Waals surface area (Å²) in [6.07, 6.45) is 0.00946. The van der Waals surface area contributed by atoms with Crippen molar-refractivity contribution in [3.05, 3.63) is 0 Å². The molecular formula is C38H73N7O13. The van der Waals surface area contributed by atoms with E-state index in [4.69, 9.17) is 28.4 Å². The number of hydrogen-bond acceptors (Lipinski definition) is 14. The van der Waals surface area contributed by atoms with Gasteiger partial charge in [0.2, 0.25) is 17.7 Å². The highest BCUT2D eigenvalue weighted by Crippen LogP contribution is 2.11. The molecule has 0 atom stereocenters. The molecule has 0 saturated carbocycles. The average molecular weight is 836 g/mol. The van der Waals surface area contributed by atoms with E-state index in [1.54, 1.807) is 62.3 Å². The molecule has 0 fully saturated rings. The summed E-state index contributed by atoms with van der Waals surface area (Å²) >= 11 is 0. The van der Waals surface area contributed by atoms with E-state index in [0.29, 0.717) is 58.5 Å². The van der Waals surface area contributed by atoms with Crippen LogP contribution in [0.5, 0.6) is 0 Å². The summed E-state index contributed by atoms with van der Waals surface area (Å²) in [5.74, 6) is -0.781. The van der Waals surface area contributed by atoms with Crippen LogP contribution in [-0.2, 0) is 42.8 Å². The molecule has 8 N–H and O–H groups in total. The highest BCUT2D eigenvalue weighted by atomic mass is 16.6. The van der Waals surface area contributed by atoms with Crippen LogP contribution in [-0.4, -0.2) is 149 Å². The Morgan fingerprint density at radius 1 is 0.431 bits per heavy atom. The fourth-order valence-corrected chi connectivity index (χ4v) is 4.47. The molecule has 0 aromatic carbocycles. The Balaban J connectivity index is 4.90. The lowest BCUT2D eigenvalue weighted by Gasteiger charge is -2.33. The summed E-state index contributed by atoms with van der Waals surface area (Å²) in [6.45, 7) is 17.4. The Kier molecular flexibility index (Phi) is 27.3. The molecule has 20 nitrogen and oxygen atoms in total. The Morgan fingerprint density at radius 3 is 0.931 bits per heavy atom. The Bertz CT molecular complexity index is 1080. The van der Waals surface area contributed by atoms with Crippen molar-refractivity contribution in [1.82, 2.24) is 37.2 Å². The van der Waals surface area contributed by atoms with Crippen molar-refractivity contribution < 1.29 is 62.3 Å². The minimum Gasteiger partial charge on any atom is -0.444 e. The molecule has 0 aromatic rings. The summed E-state index contributed by atoms with van der Waals surface area (Å²) in [4.78, 5) is 72.4. The Morgan fingerprint density at radius 2 is 0.690 bits per heavy atom. The molecule has 0 radical (unpaired) electrons. The van der Waals surface area contributed by atoms with Crippen molar-refractivity contribution in [3.8, 4) is 0 Å². The summed E-state index contributed by atoms with van der Waals surface area (Å²) in [6, 6.07) is 0. The van der Waals surface area contributed by atoms with E-state index >= 15 is 0 Å². The van der Waals surface area contributed by atoms with Gasteiger partial charge in [-0.05, 0) is 81.6 Å². The predicted molar refractivity (Wildman–Crippen MR) is 215 cm³/mol. The van der Waals surface area contributed by atoms with Gasteiger partial charge in [-0.2, -0.15) is 0 Å². The van der Waals surface area contributed by atoms with Crippen molar-refractivity contribution in [2.24, 2.45) is 0 Å². The minimum atomic E-state index is -1.10. The highest BCUT2D eigenvalue weighted by molar-refractivity contribution is 5.76. The first-order valence-electron chi connectivity index (χ1n) is 19.8. The Labute approximate surface area is 344 Å². The molecule has 338 valence electrons. The fourth-order valence-electron chi connectivity index (χ4n) is 4.47. The quantitative estimate of drug-likeness (QED) is 0.0302. The molecule has 0 aromatic heterocycles. The van der Waals surface area contributed by atoms with Gasteiger partial charge in [0.25, 0.3) is 0 Å². The maximum absolute atomic E-state index is 12.4. The summed E-state index contributed by atoms with van der Waals surface area (Å²) in [7, 11) is 0. The van der Waals surface area contributed by atoms with Gasteiger partial charge < -0.3 is 65.4 Å². The number of nitrogens with one attached hydrogen (secondary N) is 7. The maximum atomic E-state index is 12.4. The van der Waals surface area contributed by atoms with Gasteiger partial charge in [-0.1, -0.05) is 0 Å². The van der Waals surface area contributed by atoms with Crippen LogP contribution in [0, 0.1) is 0 Å². The standard InChI is InChI=1S/C38H73N7O13/c1-35(2,3)56-32(50)42-19-10-16-39-29(47)13-22-53-25-38(45-28-46,26-54-23-14-30(48)40-17-11-20-43-33(51)57-36(4,5)6)27-55-24-15-31(49)41-18-12-21-44-34(52)58-37(7,8)9/h45-46H,10-28H2,1-9H3,(H,39,47)(H,40,48)(H,41,49)(H,42,50)(H,43,51)(H,44,52). The smallest absolute Gasteiger partial charge is 0.407 e. The second-order valence-electron chi connectivity index (χ2n) is 16.4. The lowest BCUT2D eigenvalue weighted by atomic mass is 10.0. The van der Waals surface area contributed by atoms with Gasteiger partial charge >= 0.3 is 18.3 Å². The monoisotopic (exact) mass is 836 g/mol. The molecule has 0 unspecified atom stereocenters. The summed E-state index contributed by atoms with van der Waals surface area (Å²) < 4.78 is 33.0. The van der Waals surface area contributed by atoms with Gasteiger partial charge in [0.05, 0.1) is 51.9 Å². The molecule has 0 aliphatic heterocycles. The van der Waals surface area contributed by atoms with Gasteiger partial charge in [-0.15, -0.1) is 0 Å². The number of carbonyl (C=O) groups is 6. The van der Waals surface area contributed by atoms with E-state index < -0.39 is 47.4 Å². The van der Waals surface area contributed by atoms with E-state index in [9.17, 15) is 33.9 Å². The third-order valence-electron chi connectivity index (χ3n) is 7.04. The van der Waals surface area contributed by atoms with Crippen LogP contribution in [0.25, 0.3) is 0 Å². The second-order valence-corrected chi connectivity index (χ2v) is 16.4. The molecular weight excluding hydrogens is 762 g/mol. The normalized spacial score (nSPS) is 11.9. The van der Waals surface area contributed by atoms with E-state index in [0.717, 1.165) is 0 Å². The minimum absolute atomic E-state index is 0.0350. The van der Waals surface area contributed by atoms with Crippen LogP contribution in [0.3, 0.4) is 0 Å². The number of aliphatic hydroxyl groups is 1. The van der Waals surface area contributed by atoms with Gasteiger partial charge in [0.1, 0.15) is 16.8 Å².